The summed E-state index contributed by atoms with van der Waals surface area (Å²) in [6.07, 6.45) is 8.35. The molecule has 0 radical (unpaired) electrons. The first-order valence-corrected chi connectivity index (χ1v) is 12.1. The van der Waals surface area contributed by atoms with Crippen LogP contribution >= 0.6 is 0 Å². The number of hydrogen-bond donors (Lipinski definition) is 1. The van der Waals surface area contributed by atoms with Crippen LogP contribution in [0.3, 0.4) is 0 Å². The van der Waals surface area contributed by atoms with Crippen LogP contribution in [0.2, 0.25) is 0 Å². The number of hydrogen-bond acceptors (Lipinski definition) is 6. The highest BCUT2D eigenvalue weighted by Crippen LogP contribution is 2.34. The van der Waals surface area contributed by atoms with Gasteiger partial charge < -0.3 is 9.47 Å². The second-order valence-electron chi connectivity index (χ2n) is 7.48. The number of aryl methyl sites for hydroxylation is 1. The third-order valence-electron chi connectivity index (χ3n) is 4.81. The molecule has 1 N–H and O–H groups in total. The molecular formula is C24H33NO6S. The lowest BCUT2D eigenvalue weighted by Gasteiger charge is -2.27. The van der Waals surface area contributed by atoms with Crippen molar-refractivity contribution >= 4 is 22.0 Å². The van der Waals surface area contributed by atoms with Gasteiger partial charge in [-0.05, 0) is 59.1 Å². The van der Waals surface area contributed by atoms with Gasteiger partial charge in [0.1, 0.15) is 0 Å². The molecule has 8 heteroatoms. The molecule has 0 aliphatic heterocycles. The highest BCUT2D eigenvalue weighted by molar-refractivity contribution is 7.89. The molecule has 0 atom stereocenters. The predicted molar refractivity (Wildman–Crippen MR) is 123 cm³/mol. The van der Waals surface area contributed by atoms with Crippen LogP contribution < -0.4 is 4.72 Å². The van der Waals surface area contributed by atoms with E-state index in [1.807, 2.05) is 13.0 Å². The second kappa shape index (κ2) is 13.0. The summed E-state index contributed by atoms with van der Waals surface area (Å²) in [5.41, 5.74) is 0.160. The summed E-state index contributed by atoms with van der Waals surface area (Å²) in [6, 6.07) is 6.63. The summed E-state index contributed by atoms with van der Waals surface area (Å²) in [7, 11) is -3.56. The molecule has 0 spiro atoms. The third-order valence-corrected chi connectivity index (χ3v) is 6.29. The van der Waals surface area contributed by atoms with Crippen molar-refractivity contribution in [2.75, 3.05) is 19.8 Å². The molecule has 1 aromatic carbocycles. The van der Waals surface area contributed by atoms with Crippen molar-refractivity contribution in [2.45, 2.75) is 58.3 Å². The summed E-state index contributed by atoms with van der Waals surface area (Å²) in [5.74, 6) is 1.00. The van der Waals surface area contributed by atoms with Crippen molar-refractivity contribution in [1.29, 1.82) is 0 Å². The van der Waals surface area contributed by atoms with Crippen LogP contribution in [0.25, 0.3) is 0 Å². The maximum atomic E-state index is 12.6. The molecule has 1 aromatic rings. The lowest BCUT2D eigenvalue weighted by molar-refractivity contribution is -0.171. The fourth-order valence-corrected chi connectivity index (χ4v) is 4.23. The van der Waals surface area contributed by atoms with E-state index < -0.39 is 27.4 Å². The first-order valence-electron chi connectivity index (χ1n) is 10.6. The SMILES string of the molecule is C#CCC(C/C(C)=C/CCCNS(=O)(=O)c1ccc(C)cc1)(C(=O)OCC)C(=O)OCC. The Labute approximate surface area is 191 Å². The van der Waals surface area contributed by atoms with E-state index >= 15 is 0 Å². The fourth-order valence-electron chi connectivity index (χ4n) is 3.15. The Hall–Kier alpha value is -2.63. The van der Waals surface area contributed by atoms with Gasteiger partial charge in [0.15, 0.2) is 5.41 Å². The summed E-state index contributed by atoms with van der Waals surface area (Å²) >= 11 is 0. The van der Waals surface area contributed by atoms with Gasteiger partial charge in [-0.2, -0.15) is 0 Å². The number of esters is 2. The number of nitrogens with one attached hydrogen (secondary N) is 1. The van der Waals surface area contributed by atoms with E-state index in [2.05, 4.69) is 10.6 Å². The van der Waals surface area contributed by atoms with Gasteiger partial charge in [-0.1, -0.05) is 29.3 Å². The van der Waals surface area contributed by atoms with Crippen molar-refractivity contribution in [3.63, 3.8) is 0 Å². The molecule has 0 aromatic heterocycles. The maximum Gasteiger partial charge on any atom is 0.324 e. The molecule has 0 amide bonds. The van der Waals surface area contributed by atoms with Crippen molar-refractivity contribution in [3.05, 3.63) is 41.5 Å². The van der Waals surface area contributed by atoms with Crippen molar-refractivity contribution < 1.29 is 27.5 Å². The molecule has 0 saturated carbocycles. The zero-order chi connectivity index (χ0) is 24.2. The van der Waals surface area contributed by atoms with E-state index in [-0.39, 0.29) is 37.5 Å². The van der Waals surface area contributed by atoms with Gasteiger partial charge in [0.25, 0.3) is 0 Å². The predicted octanol–water partition coefficient (Wildman–Crippen LogP) is 3.53. The number of carbonyl (C=O) groups is 2. The van der Waals surface area contributed by atoms with Crippen LogP contribution in [0.1, 0.15) is 52.0 Å². The smallest absolute Gasteiger partial charge is 0.324 e. The molecule has 0 heterocycles. The summed E-state index contributed by atoms with van der Waals surface area (Å²) in [4.78, 5) is 25.5. The van der Waals surface area contributed by atoms with E-state index in [4.69, 9.17) is 15.9 Å². The Bertz CT molecular complexity index is 924. The van der Waals surface area contributed by atoms with Crippen LogP contribution in [0.5, 0.6) is 0 Å². The molecule has 7 nitrogen and oxygen atoms in total. The molecule has 0 bridgehead atoms. The van der Waals surface area contributed by atoms with Crippen LogP contribution in [0, 0.1) is 24.7 Å². The van der Waals surface area contributed by atoms with Gasteiger partial charge in [-0.15, -0.1) is 12.3 Å². The van der Waals surface area contributed by atoms with Gasteiger partial charge in [0, 0.05) is 13.0 Å². The Morgan fingerprint density at radius 1 is 1.12 bits per heavy atom. The summed E-state index contributed by atoms with van der Waals surface area (Å²) in [5, 5.41) is 0. The van der Waals surface area contributed by atoms with Crippen LogP contribution in [0.15, 0.2) is 40.8 Å². The Morgan fingerprint density at radius 2 is 1.69 bits per heavy atom. The monoisotopic (exact) mass is 463 g/mol. The molecule has 0 aliphatic rings. The Kier molecular flexibility index (Phi) is 11.2. The molecule has 32 heavy (non-hydrogen) atoms. The molecule has 0 aliphatic carbocycles. The van der Waals surface area contributed by atoms with Gasteiger partial charge in [-0.25, -0.2) is 13.1 Å². The highest BCUT2D eigenvalue weighted by atomic mass is 32.2. The van der Waals surface area contributed by atoms with E-state index in [0.29, 0.717) is 12.8 Å². The average molecular weight is 464 g/mol. The van der Waals surface area contributed by atoms with Crippen LogP contribution in [-0.2, 0) is 29.1 Å². The molecule has 0 saturated heterocycles. The van der Waals surface area contributed by atoms with Gasteiger partial charge >= 0.3 is 11.9 Å². The zero-order valence-corrected chi connectivity index (χ0v) is 20.1. The Morgan fingerprint density at radius 3 is 2.19 bits per heavy atom. The topological polar surface area (TPSA) is 98.8 Å². The number of terminal acetylenes is 1. The number of allylic oxidation sites excluding steroid dienone is 2. The molecule has 0 fully saturated rings. The van der Waals surface area contributed by atoms with E-state index in [1.165, 1.54) is 0 Å². The fraction of sp³-hybridized carbons (Fsp3) is 0.500. The van der Waals surface area contributed by atoms with Crippen molar-refractivity contribution in [2.24, 2.45) is 5.41 Å². The second-order valence-corrected chi connectivity index (χ2v) is 9.25. The first kappa shape index (κ1) is 27.4. The normalized spacial score (nSPS) is 12.2. The number of unbranched alkanes of at least 4 members (excludes halogenated alkanes) is 1. The van der Waals surface area contributed by atoms with Gasteiger partial charge in [0.2, 0.25) is 10.0 Å². The zero-order valence-electron chi connectivity index (χ0n) is 19.3. The standard InChI is InChI=1S/C24H33NO6S/c1-6-16-24(22(26)30-7-2,23(27)31-8-3)18-20(5)11-9-10-17-25-32(28,29)21-14-12-19(4)13-15-21/h1,11-15,25H,7-10,16-18H2,2-5H3/b20-11+. The number of sulfonamides is 1. The highest BCUT2D eigenvalue weighted by Gasteiger charge is 2.48. The van der Waals surface area contributed by atoms with E-state index in [0.717, 1.165) is 11.1 Å². The lowest BCUT2D eigenvalue weighted by atomic mass is 9.78. The number of ether oxygens (including phenoxy) is 2. The minimum absolute atomic E-state index is 0.0734. The summed E-state index contributed by atoms with van der Waals surface area (Å²) < 4.78 is 37.5. The van der Waals surface area contributed by atoms with E-state index in [9.17, 15) is 18.0 Å². The minimum atomic E-state index is -3.56. The van der Waals surface area contributed by atoms with Crippen molar-refractivity contribution in [3.8, 4) is 12.3 Å². The maximum absolute atomic E-state index is 12.6. The summed E-state index contributed by atoms with van der Waals surface area (Å²) in [6.45, 7) is 7.49. The third kappa shape index (κ3) is 7.81. The quantitative estimate of drug-likeness (QED) is 0.158. The minimum Gasteiger partial charge on any atom is -0.465 e. The van der Waals surface area contributed by atoms with Crippen molar-refractivity contribution in [1.82, 2.24) is 4.72 Å². The number of carbonyl (C=O) groups excluding carboxylic acids is 2. The Balaban J connectivity index is 2.78. The van der Waals surface area contributed by atoms with Gasteiger partial charge in [0.05, 0.1) is 18.1 Å². The molecule has 0 unspecified atom stereocenters. The van der Waals surface area contributed by atoms with Crippen LogP contribution in [0.4, 0.5) is 0 Å². The molecule has 1 rings (SSSR count). The van der Waals surface area contributed by atoms with Gasteiger partial charge in [-0.3, -0.25) is 9.59 Å². The molecular weight excluding hydrogens is 430 g/mol. The van der Waals surface area contributed by atoms with Crippen LogP contribution in [-0.4, -0.2) is 40.1 Å². The largest absolute Gasteiger partial charge is 0.465 e. The van der Waals surface area contributed by atoms with E-state index in [1.54, 1.807) is 45.0 Å². The molecule has 176 valence electrons. The number of rotatable bonds is 13. The lowest BCUT2D eigenvalue weighted by Crippen LogP contribution is -2.42. The first-order chi connectivity index (χ1) is 15.1. The average Bonchev–Trinajstić information content (AvgIpc) is 2.73. The number of benzene rings is 1.